The highest BCUT2D eigenvalue weighted by molar-refractivity contribution is 5.76. The number of esters is 1. The van der Waals surface area contributed by atoms with Crippen LogP contribution in [-0.4, -0.2) is 62.7 Å². The van der Waals surface area contributed by atoms with Crippen molar-refractivity contribution < 1.29 is 42.7 Å². The number of hydrogen-bond donors (Lipinski definition) is 0. The van der Waals surface area contributed by atoms with Gasteiger partial charge in [-0.3, -0.25) is 0 Å². The fourth-order valence-electron chi connectivity index (χ4n) is 4.13. The lowest BCUT2D eigenvalue weighted by Crippen LogP contribution is -2.58. The van der Waals surface area contributed by atoms with Crippen LogP contribution in [-0.2, 0) is 44.6 Å². The highest BCUT2D eigenvalue weighted by atomic mass is 16.8. The van der Waals surface area contributed by atoms with Gasteiger partial charge in [0.05, 0.1) is 19.8 Å². The molecule has 0 N–H and O–H groups in total. The maximum Gasteiger partial charge on any atom is 0.509 e. The minimum Gasteiger partial charge on any atom is -0.464 e. The summed E-state index contributed by atoms with van der Waals surface area (Å²) in [4.78, 5) is 25.4. The van der Waals surface area contributed by atoms with E-state index in [1.165, 1.54) is 6.08 Å². The quantitative estimate of drug-likeness (QED) is 0.339. The molecule has 4 rings (SSSR count). The monoisotopic (exact) mass is 498 g/mol. The first-order chi connectivity index (χ1) is 17.6. The van der Waals surface area contributed by atoms with Gasteiger partial charge in [-0.05, 0) is 18.1 Å². The minimum atomic E-state index is -1.11. The summed E-state index contributed by atoms with van der Waals surface area (Å²) in [5.74, 6) is -0.585. The molecule has 0 amide bonds. The van der Waals surface area contributed by atoms with Gasteiger partial charge in [-0.2, -0.15) is 0 Å². The van der Waals surface area contributed by atoms with Gasteiger partial charge in [0.15, 0.2) is 18.5 Å². The fraction of sp³-hybridized carbons (Fsp3) is 0.407. The number of hydrogen-bond acceptors (Lipinski definition) is 9. The van der Waals surface area contributed by atoms with Crippen LogP contribution < -0.4 is 0 Å². The maximum absolute atomic E-state index is 12.9. The summed E-state index contributed by atoms with van der Waals surface area (Å²) in [5.41, 5.74) is 1.50. The molecule has 0 saturated carbocycles. The van der Waals surface area contributed by atoms with E-state index in [-0.39, 0.29) is 26.4 Å². The number of benzene rings is 2. The summed E-state index contributed by atoms with van der Waals surface area (Å²) in [6.07, 6.45) is -4.72. The van der Waals surface area contributed by atoms with Crippen LogP contribution >= 0.6 is 0 Å². The Morgan fingerprint density at radius 3 is 2.44 bits per heavy atom. The highest BCUT2D eigenvalue weighted by Crippen LogP contribution is 2.37. The van der Waals surface area contributed by atoms with Gasteiger partial charge in [-0.1, -0.05) is 73.3 Å². The normalized spacial score (nSPS) is 25.5. The number of fused-ring (bicyclic) bond motifs is 2. The van der Waals surface area contributed by atoms with E-state index in [4.69, 9.17) is 33.2 Å². The van der Waals surface area contributed by atoms with Gasteiger partial charge < -0.3 is 33.2 Å². The summed E-state index contributed by atoms with van der Waals surface area (Å²) in [6.45, 7) is 5.85. The average Bonchev–Trinajstić information content (AvgIpc) is 3.33. The third-order valence-electron chi connectivity index (χ3n) is 5.75. The van der Waals surface area contributed by atoms with Gasteiger partial charge in [-0.25, -0.2) is 9.59 Å². The van der Waals surface area contributed by atoms with E-state index in [2.05, 4.69) is 6.58 Å². The van der Waals surface area contributed by atoms with Crippen LogP contribution in [0.4, 0.5) is 4.79 Å². The van der Waals surface area contributed by atoms with Crippen molar-refractivity contribution in [2.45, 2.75) is 50.3 Å². The first-order valence-electron chi connectivity index (χ1n) is 11.8. The molecule has 2 heterocycles. The molecule has 0 radical (unpaired) electrons. The van der Waals surface area contributed by atoms with Gasteiger partial charge in [0.1, 0.15) is 24.9 Å². The molecule has 2 fully saturated rings. The molecule has 2 aliphatic rings. The first kappa shape index (κ1) is 25.8. The SMILES string of the molecule is C=CCOC(=O)O[C@@H]1[C@@H](O[C@@H](C(=O)OCC)c2ccccc2)[C@@H]2OC[C@@H](O2)[C@H]1OCc1ccccc1. The van der Waals surface area contributed by atoms with Crippen molar-refractivity contribution >= 4 is 12.1 Å². The lowest BCUT2D eigenvalue weighted by Gasteiger charge is -2.40. The van der Waals surface area contributed by atoms with E-state index in [0.717, 1.165) is 5.56 Å². The molecule has 36 heavy (non-hydrogen) atoms. The van der Waals surface area contributed by atoms with Gasteiger partial charge in [0.25, 0.3) is 0 Å². The molecule has 0 spiro atoms. The zero-order valence-electron chi connectivity index (χ0n) is 20.0. The number of carbonyl (C=O) groups excluding carboxylic acids is 2. The molecule has 0 aromatic heterocycles. The molecule has 2 aromatic carbocycles. The molecular weight excluding hydrogens is 468 g/mol. The van der Waals surface area contributed by atoms with Crippen molar-refractivity contribution in [3.63, 3.8) is 0 Å². The van der Waals surface area contributed by atoms with Crippen LogP contribution in [0.3, 0.4) is 0 Å². The Morgan fingerprint density at radius 2 is 1.75 bits per heavy atom. The standard InChI is InChI=1S/C27H30O9/c1-3-15-31-27(29)36-23-22(32-16-18-11-7-5-8-12-18)20-17-33-26(34-20)24(23)35-21(25(28)30-4-2)19-13-9-6-10-14-19/h3,5-14,20-24,26H,1,4,15-17H2,2H3/t20-,21-,22-,23+,24-,26-/m1/s1. The van der Waals surface area contributed by atoms with E-state index < -0.39 is 48.9 Å². The molecule has 0 unspecified atom stereocenters. The molecule has 2 saturated heterocycles. The van der Waals surface area contributed by atoms with Gasteiger partial charge in [-0.15, -0.1) is 0 Å². The van der Waals surface area contributed by atoms with E-state index in [1.54, 1.807) is 31.2 Å². The Hall–Kier alpha value is -3.24. The molecule has 6 atom stereocenters. The first-order valence-corrected chi connectivity index (χ1v) is 11.8. The molecule has 0 aliphatic carbocycles. The van der Waals surface area contributed by atoms with Crippen LogP contribution in [0.15, 0.2) is 73.3 Å². The van der Waals surface area contributed by atoms with E-state index in [9.17, 15) is 9.59 Å². The molecule has 2 bridgehead atoms. The van der Waals surface area contributed by atoms with Crippen LogP contribution in [0.1, 0.15) is 24.2 Å². The predicted octanol–water partition coefficient (Wildman–Crippen LogP) is 3.72. The lowest BCUT2D eigenvalue weighted by molar-refractivity contribution is -0.265. The topological polar surface area (TPSA) is 98.8 Å². The third-order valence-corrected chi connectivity index (χ3v) is 5.75. The molecule has 2 aromatic rings. The fourth-order valence-corrected chi connectivity index (χ4v) is 4.13. The zero-order chi connectivity index (χ0) is 25.3. The van der Waals surface area contributed by atoms with E-state index in [1.807, 2.05) is 36.4 Å². The number of carbonyl (C=O) groups is 2. The van der Waals surface area contributed by atoms with Crippen molar-refractivity contribution in [1.29, 1.82) is 0 Å². The maximum atomic E-state index is 12.9. The van der Waals surface area contributed by atoms with Crippen molar-refractivity contribution in [2.24, 2.45) is 0 Å². The Labute approximate surface area is 209 Å². The van der Waals surface area contributed by atoms with Crippen LogP contribution in [0.5, 0.6) is 0 Å². The zero-order valence-corrected chi connectivity index (χ0v) is 20.0. The van der Waals surface area contributed by atoms with Crippen molar-refractivity contribution in [3.8, 4) is 0 Å². The Balaban J connectivity index is 1.61. The Morgan fingerprint density at radius 1 is 1.03 bits per heavy atom. The molecule has 9 heteroatoms. The highest BCUT2D eigenvalue weighted by Gasteiger charge is 2.55. The molecule has 192 valence electrons. The van der Waals surface area contributed by atoms with Crippen molar-refractivity contribution in [2.75, 3.05) is 19.8 Å². The van der Waals surface area contributed by atoms with Crippen molar-refractivity contribution in [1.82, 2.24) is 0 Å². The average molecular weight is 499 g/mol. The Kier molecular flexibility index (Phi) is 9.07. The minimum absolute atomic E-state index is 0.0259. The summed E-state index contributed by atoms with van der Waals surface area (Å²) < 4.78 is 40.3. The predicted molar refractivity (Wildman–Crippen MR) is 127 cm³/mol. The largest absolute Gasteiger partial charge is 0.509 e. The number of rotatable bonds is 11. The smallest absolute Gasteiger partial charge is 0.464 e. The third kappa shape index (κ3) is 6.30. The van der Waals surface area contributed by atoms with Gasteiger partial charge in [0.2, 0.25) is 0 Å². The summed E-state index contributed by atoms with van der Waals surface area (Å²) in [7, 11) is 0. The van der Waals surface area contributed by atoms with Crippen molar-refractivity contribution in [3.05, 3.63) is 84.4 Å². The molecular formula is C27H30O9. The van der Waals surface area contributed by atoms with Gasteiger partial charge >= 0.3 is 12.1 Å². The van der Waals surface area contributed by atoms with Crippen LogP contribution in [0.2, 0.25) is 0 Å². The van der Waals surface area contributed by atoms with Crippen LogP contribution in [0, 0.1) is 0 Å². The molecule has 2 aliphatic heterocycles. The second-order valence-corrected chi connectivity index (χ2v) is 8.21. The second kappa shape index (κ2) is 12.6. The number of ether oxygens (including phenoxy) is 7. The second-order valence-electron chi connectivity index (χ2n) is 8.21. The summed E-state index contributed by atoms with van der Waals surface area (Å²) in [6, 6.07) is 18.5. The molecule has 9 nitrogen and oxygen atoms in total. The summed E-state index contributed by atoms with van der Waals surface area (Å²) in [5, 5.41) is 0. The summed E-state index contributed by atoms with van der Waals surface area (Å²) >= 11 is 0. The van der Waals surface area contributed by atoms with Gasteiger partial charge in [0, 0.05) is 0 Å². The van der Waals surface area contributed by atoms with E-state index >= 15 is 0 Å². The van der Waals surface area contributed by atoms with E-state index in [0.29, 0.717) is 5.56 Å². The lowest BCUT2D eigenvalue weighted by atomic mass is 9.99. The Bertz CT molecular complexity index is 997. The van der Waals surface area contributed by atoms with Crippen LogP contribution in [0.25, 0.3) is 0 Å².